The van der Waals surface area contributed by atoms with E-state index in [1.54, 1.807) is 65.6 Å². The smallest absolute Gasteiger partial charge is 0.320 e. The lowest BCUT2D eigenvalue weighted by Crippen LogP contribution is -2.44. The van der Waals surface area contributed by atoms with Gasteiger partial charge in [0.25, 0.3) is 11.8 Å². The molecule has 3 aromatic rings. The Labute approximate surface area is 208 Å². The van der Waals surface area contributed by atoms with E-state index in [0.717, 1.165) is 5.56 Å². The molecule has 180 valence electrons. The van der Waals surface area contributed by atoms with Crippen molar-refractivity contribution in [1.82, 2.24) is 0 Å². The van der Waals surface area contributed by atoms with Crippen LogP contribution in [-0.4, -0.2) is 37.6 Å². The summed E-state index contributed by atoms with van der Waals surface area (Å²) in [6, 6.07) is 19.0. The van der Waals surface area contributed by atoms with Gasteiger partial charge in [-0.1, -0.05) is 35.9 Å². The Morgan fingerprint density at radius 2 is 1.74 bits per heavy atom. The molecular formula is C26H25ClN4O4. The zero-order valence-electron chi connectivity index (χ0n) is 19.1. The second kappa shape index (κ2) is 10.6. The van der Waals surface area contributed by atoms with Gasteiger partial charge in [-0.15, -0.1) is 0 Å². The van der Waals surface area contributed by atoms with Gasteiger partial charge in [0.1, 0.15) is 12.6 Å². The maximum Gasteiger partial charge on any atom is 0.320 e. The third-order valence-corrected chi connectivity index (χ3v) is 6.02. The fourth-order valence-electron chi connectivity index (χ4n) is 4.02. The van der Waals surface area contributed by atoms with E-state index in [9.17, 15) is 14.4 Å². The quantitative estimate of drug-likeness (QED) is 0.535. The Bertz CT molecular complexity index is 1230. The molecule has 4 rings (SSSR count). The van der Waals surface area contributed by atoms with E-state index in [1.165, 1.54) is 4.90 Å². The van der Waals surface area contributed by atoms with Crippen LogP contribution in [0.4, 0.5) is 21.9 Å². The molecule has 3 aromatic carbocycles. The predicted octanol–water partition coefficient (Wildman–Crippen LogP) is 4.28. The molecule has 1 aliphatic rings. The summed E-state index contributed by atoms with van der Waals surface area (Å²) in [5, 5.41) is 3.38. The highest BCUT2D eigenvalue weighted by Crippen LogP contribution is 2.31. The number of anilines is 3. The Hall–Kier alpha value is -3.88. The number of benzene rings is 3. The molecule has 0 aliphatic carbocycles. The van der Waals surface area contributed by atoms with Crippen LogP contribution in [0.3, 0.4) is 0 Å². The molecule has 3 N–H and O–H groups in total. The van der Waals surface area contributed by atoms with E-state index in [4.69, 9.17) is 22.1 Å². The number of halogens is 1. The van der Waals surface area contributed by atoms with E-state index < -0.39 is 18.0 Å². The summed E-state index contributed by atoms with van der Waals surface area (Å²) >= 11 is 6.02. The SMILES string of the molecule is Cc1ccccc1C(C(=O)Nc1ccc(N2CCOCC2=O)cc1)N(C(N)=O)c1ccc(Cl)cc1. The van der Waals surface area contributed by atoms with Crippen LogP contribution in [0, 0.1) is 6.92 Å². The van der Waals surface area contributed by atoms with E-state index in [1.807, 2.05) is 19.1 Å². The Balaban J connectivity index is 1.65. The molecule has 1 atom stereocenters. The van der Waals surface area contributed by atoms with Crippen molar-refractivity contribution in [2.24, 2.45) is 5.73 Å². The molecule has 8 nitrogen and oxygen atoms in total. The number of nitrogens with zero attached hydrogens (tertiary/aromatic N) is 2. The highest BCUT2D eigenvalue weighted by atomic mass is 35.5. The first kappa shape index (κ1) is 24.3. The Morgan fingerprint density at radius 1 is 1.06 bits per heavy atom. The number of primary amides is 1. The second-order valence-corrected chi connectivity index (χ2v) is 8.51. The Morgan fingerprint density at radius 3 is 2.37 bits per heavy atom. The number of nitrogens with two attached hydrogens (primary N) is 1. The van der Waals surface area contributed by atoms with Gasteiger partial charge >= 0.3 is 6.03 Å². The average Bonchev–Trinajstić information content (AvgIpc) is 2.84. The molecule has 0 aromatic heterocycles. The highest BCUT2D eigenvalue weighted by Gasteiger charge is 2.33. The van der Waals surface area contributed by atoms with Crippen LogP contribution in [0.2, 0.25) is 5.02 Å². The number of rotatable bonds is 6. The summed E-state index contributed by atoms with van der Waals surface area (Å²) in [4.78, 5) is 41.2. The third-order valence-electron chi connectivity index (χ3n) is 5.76. The number of morpholine rings is 1. The molecule has 0 radical (unpaired) electrons. The molecule has 0 bridgehead atoms. The molecule has 0 spiro atoms. The van der Waals surface area contributed by atoms with Gasteiger partial charge < -0.3 is 20.7 Å². The van der Waals surface area contributed by atoms with Crippen molar-refractivity contribution in [1.29, 1.82) is 0 Å². The lowest BCUT2D eigenvalue weighted by atomic mass is 9.98. The summed E-state index contributed by atoms with van der Waals surface area (Å²) in [5.41, 5.74) is 8.89. The standard InChI is InChI=1S/C26H25ClN4O4/c1-17-4-2-3-5-22(17)24(31(26(28)34)21-10-6-18(27)7-11-21)25(33)29-19-8-12-20(13-9-19)30-14-15-35-16-23(30)32/h2-13,24H,14-16H2,1H3,(H2,28,34)(H,29,33). The lowest BCUT2D eigenvalue weighted by molar-refractivity contribution is -0.125. The van der Waals surface area contributed by atoms with Gasteiger partial charge in [-0.3, -0.25) is 14.5 Å². The van der Waals surface area contributed by atoms with Crippen molar-refractivity contribution in [3.63, 3.8) is 0 Å². The normalized spacial score (nSPS) is 14.3. The van der Waals surface area contributed by atoms with Crippen molar-refractivity contribution in [2.75, 3.05) is 34.9 Å². The lowest BCUT2D eigenvalue weighted by Gasteiger charge is -2.31. The first-order chi connectivity index (χ1) is 16.8. The molecule has 9 heteroatoms. The number of urea groups is 1. The van der Waals surface area contributed by atoms with Crippen molar-refractivity contribution in [2.45, 2.75) is 13.0 Å². The van der Waals surface area contributed by atoms with Gasteiger partial charge in [-0.2, -0.15) is 0 Å². The summed E-state index contributed by atoms with van der Waals surface area (Å²) in [6.45, 7) is 2.85. The number of amides is 4. The maximum absolute atomic E-state index is 13.6. The van der Waals surface area contributed by atoms with Crippen molar-refractivity contribution < 1.29 is 19.1 Å². The van der Waals surface area contributed by atoms with Crippen molar-refractivity contribution in [3.05, 3.63) is 88.9 Å². The number of carbonyl (C=O) groups excluding carboxylic acids is 3. The minimum atomic E-state index is -1.03. The highest BCUT2D eigenvalue weighted by molar-refractivity contribution is 6.30. The minimum absolute atomic E-state index is 0.0459. The number of carbonyl (C=O) groups is 3. The topological polar surface area (TPSA) is 105 Å². The van der Waals surface area contributed by atoms with E-state index in [2.05, 4.69) is 5.32 Å². The van der Waals surface area contributed by atoms with Gasteiger partial charge in [0.15, 0.2) is 0 Å². The number of hydrogen-bond acceptors (Lipinski definition) is 4. The molecule has 0 saturated carbocycles. The van der Waals surface area contributed by atoms with E-state index in [0.29, 0.717) is 40.8 Å². The van der Waals surface area contributed by atoms with Crippen molar-refractivity contribution >= 4 is 46.5 Å². The number of hydrogen-bond donors (Lipinski definition) is 2. The molecule has 1 aliphatic heterocycles. The van der Waals surface area contributed by atoms with Gasteiger partial charge in [-0.05, 0) is 66.6 Å². The van der Waals surface area contributed by atoms with Crippen LogP contribution < -0.4 is 20.9 Å². The van der Waals surface area contributed by atoms with Crippen LogP contribution in [0.1, 0.15) is 17.2 Å². The molecule has 1 heterocycles. The van der Waals surface area contributed by atoms with E-state index in [-0.39, 0.29) is 12.5 Å². The van der Waals surface area contributed by atoms with Gasteiger partial charge in [0.2, 0.25) is 0 Å². The second-order valence-electron chi connectivity index (χ2n) is 8.08. The van der Waals surface area contributed by atoms with Gasteiger partial charge in [-0.25, -0.2) is 4.79 Å². The maximum atomic E-state index is 13.6. The average molecular weight is 493 g/mol. The Kier molecular flexibility index (Phi) is 7.33. The minimum Gasteiger partial charge on any atom is -0.370 e. The third kappa shape index (κ3) is 5.45. The van der Waals surface area contributed by atoms with Crippen LogP contribution in [0.25, 0.3) is 0 Å². The fraction of sp³-hybridized carbons (Fsp3) is 0.192. The first-order valence-corrected chi connectivity index (χ1v) is 11.4. The number of nitrogens with one attached hydrogen (secondary N) is 1. The number of ether oxygens (including phenoxy) is 1. The summed E-state index contributed by atoms with van der Waals surface area (Å²) in [5.74, 6) is -0.559. The van der Waals surface area contributed by atoms with Crippen molar-refractivity contribution in [3.8, 4) is 0 Å². The van der Waals surface area contributed by atoms with Gasteiger partial charge in [0.05, 0.1) is 6.61 Å². The summed E-state index contributed by atoms with van der Waals surface area (Å²) in [7, 11) is 0. The molecule has 1 unspecified atom stereocenters. The zero-order valence-corrected chi connectivity index (χ0v) is 19.9. The monoisotopic (exact) mass is 492 g/mol. The molecule has 35 heavy (non-hydrogen) atoms. The van der Waals surface area contributed by atoms with Crippen LogP contribution >= 0.6 is 11.6 Å². The van der Waals surface area contributed by atoms with Crippen LogP contribution in [-0.2, 0) is 14.3 Å². The largest absolute Gasteiger partial charge is 0.370 e. The summed E-state index contributed by atoms with van der Waals surface area (Å²) in [6.07, 6.45) is 0. The predicted molar refractivity (Wildman–Crippen MR) is 136 cm³/mol. The first-order valence-electron chi connectivity index (χ1n) is 11.0. The molecule has 4 amide bonds. The van der Waals surface area contributed by atoms with E-state index >= 15 is 0 Å². The van der Waals surface area contributed by atoms with Crippen LogP contribution in [0.15, 0.2) is 72.8 Å². The summed E-state index contributed by atoms with van der Waals surface area (Å²) < 4.78 is 5.17. The fourth-order valence-corrected chi connectivity index (χ4v) is 4.15. The van der Waals surface area contributed by atoms with Crippen LogP contribution in [0.5, 0.6) is 0 Å². The molecule has 1 fully saturated rings. The zero-order chi connectivity index (χ0) is 24.9. The molecule has 1 saturated heterocycles. The molecular weight excluding hydrogens is 468 g/mol. The number of aryl methyl sites for hydroxylation is 1. The van der Waals surface area contributed by atoms with Gasteiger partial charge in [0, 0.05) is 28.6 Å².